The van der Waals surface area contributed by atoms with Crippen molar-refractivity contribution in [3.8, 4) is 0 Å². The van der Waals surface area contributed by atoms with Gasteiger partial charge in [-0.05, 0) is 37.0 Å². The van der Waals surface area contributed by atoms with Gasteiger partial charge < -0.3 is 4.74 Å². The summed E-state index contributed by atoms with van der Waals surface area (Å²) < 4.78 is 34.7. The van der Waals surface area contributed by atoms with E-state index in [1.54, 1.807) is 41.2 Å². The quantitative estimate of drug-likeness (QED) is 0.634. The lowest BCUT2D eigenvalue weighted by Crippen LogP contribution is -2.35. The van der Waals surface area contributed by atoms with Crippen molar-refractivity contribution in [2.45, 2.75) is 43.4 Å². The third kappa shape index (κ3) is 3.31. The molecule has 0 radical (unpaired) electrons. The van der Waals surface area contributed by atoms with E-state index in [-0.39, 0.29) is 18.2 Å². The lowest BCUT2D eigenvalue weighted by molar-refractivity contribution is 0.0960. The molecule has 3 aromatic rings. The SMILES string of the molecule is O=c1c2c3c(sc2ncn1CC1CCCO1)CN(S(=O)(=O)c1ccccc1)CC3. The number of hydrogen-bond donors (Lipinski definition) is 0. The minimum Gasteiger partial charge on any atom is -0.376 e. The molecule has 2 aliphatic heterocycles. The Bertz CT molecular complexity index is 1210. The molecule has 1 aromatic carbocycles. The highest BCUT2D eigenvalue weighted by Crippen LogP contribution is 2.34. The molecule has 0 amide bonds. The van der Waals surface area contributed by atoms with E-state index in [1.165, 1.54) is 15.6 Å². The van der Waals surface area contributed by atoms with Gasteiger partial charge in [-0.2, -0.15) is 4.31 Å². The summed E-state index contributed by atoms with van der Waals surface area (Å²) in [7, 11) is -3.56. The minimum atomic E-state index is -3.56. The summed E-state index contributed by atoms with van der Waals surface area (Å²) in [5.41, 5.74) is 0.895. The molecule has 7 nitrogen and oxygen atoms in total. The Hall–Kier alpha value is -2.07. The molecular formula is C20H21N3O4S2. The number of ether oxygens (including phenoxy) is 1. The normalized spacial score (nSPS) is 20.2. The monoisotopic (exact) mass is 431 g/mol. The van der Waals surface area contributed by atoms with E-state index in [1.807, 2.05) is 0 Å². The summed E-state index contributed by atoms with van der Waals surface area (Å²) in [5, 5.41) is 0.641. The third-order valence-electron chi connectivity index (χ3n) is 5.60. The van der Waals surface area contributed by atoms with Crippen LogP contribution in [0.25, 0.3) is 10.2 Å². The Balaban J connectivity index is 1.48. The van der Waals surface area contributed by atoms with Crippen LogP contribution in [0.4, 0.5) is 0 Å². The number of thiophene rings is 1. The summed E-state index contributed by atoms with van der Waals surface area (Å²) in [6.45, 7) is 1.89. The zero-order valence-electron chi connectivity index (χ0n) is 15.8. The maximum absolute atomic E-state index is 13.1. The first kappa shape index (κ1) is 18.9. The summed E-state index contributed by atoms with van der Waals surface area (Å²) in [4.78, 5) is 19.5. The molecule has 0 spiro atoms. The summed E-state index contributed by atoms with van der Waals surface area (Å²) in [6, 6.07) is 8.47. The van der Waals surface area contributed by atoms with E-state index >= 15 is 0 Å². The van der Waals surface area contributed by atoms with E-state index in [0.29, 0.717) is 34.6 Å². The molecule has 2 aliphatic rings. The maximum Gasteiger partial charge on any atom is 0.262 e. The van der Waals surface area contributed by atoms with E-state index < -0.39 is 10.0 Å². The second-order valence-electron chi connectivity index (χ2n) is 7.42. The average molecular weight is 432 g/mol. The van der Waals surface area contributed by atoms with Crippen molar-refractivity contribution >= 4 is 31.6 Å². The van der Waals surface area contributed by atoms with Crippen LogP contribution in [0, 0.1) is 0 Å². The lowest BCUT2D eigenvalue weighted by atomic mass is 10.1. The molecule has 5 rings (SSSR count). The van der Waals surface area contributed by atoms with Crippen LogP contribution in [-0.4, -0.2) is 41.5 Å². The first-order chi connectivity index (χ1) is 14.0. The van der Waals surface area contributed by atoms with Crippen molar-refractivity contribution in [1.29, 1.82) is 0 Å². The molecule has 1 saturated heterocycles. The lowest BCUT2D eigenvalue weighted by Gasteiger charge is -2.26. The van der Waals surface area contributed by atoms with Gasteiger partial charge in [0.25, 0.3) is 5.56 Å². The summed E-state index contributed by atoms with van der Waals surface area (Å²) >= 11 is 1.42. The van der Waals surface area contributed by atoms with E-state index in [9.17, 15) is 13.2 Å². The highest BCUT2D eigenvalue weighted by Gasteiger charge is 2.31. The first-order valence-corrected chi connectivity index (χ1v) is 12.0. The molecule has 29 heavy (non-hydrogen) atoms. The number of sulfonamides is 1. The molecular weight excluding hydrogens is 410 g/mol. The Morgan fingerprint density at radius 2 is 2.07 bits per heavy atom. The van der Waals surface area contributed by atoms with E-state index in [2.05, 4.69) is 4.98 Å². The number of nitrogens with zero attached hydrogens (tertiary/aromatic N) is 3. The smallest absolute Gasteiger partial charge is 0.262 e. The number of aromatic nitrogens is 2. The molecule has 0 aliphatic carbocycles. The van der Waals surface area contributed by atoms with E-state index in [4.69, 9.17) is 4.74 Å². The molecule has 4 heterocycles. The van der Waals surface area contributed by atoms with Gasteiger partial charge in [0.2, 0.25) is 10.0 Å². The van der Waals surface area contributed by atoms with Crippen molar-refractivity contribution < 1.29 is 13.2 Å². The second kappa shape index (κ2) is 7.32. The highest BCUT2D eigenvalue weighted by molar-refractivity contribution is 7.89. The molecule has 1 fully saturated rings. The molecule has 0 N–H and O–H groups in total. The van der Waals surface area contributed by atoms with Gasteiger partial charge in [-0.1, -0.05) is 18.2 Å². The molecule has 0 bridgehead atoms. The molecule has 0 saturated carbocycles. The predicted molar refractivity (Wildman–Crippen MR) is 111 cm³/mol. The van der Waals surface area contributed by atoms with Crippen molar-refractivity contribution in [2.24, 2.45) is 0 Å². The molecule has 2 aromatic heterocycles. The van der Waals surface area contributed by atoms with E-state index in [0.717, 1.165) is 29.9 Å². The largest absolute Gasteiger partial charge is 0.376 e. The van der Waals surface area contributed by atoms with Gasteiger partial charge in [0.05, 0.1) is 29.3 Å². The third-order valence-corrected chi connectivity index (χ3v) is 8.58. The topological polar surface area (TPSA) is 81.5 Å². The number of rotatable bonds is 4. The highest BCUT2D eigenvalue weighted by atomic mass is 32.2. The van der Waals surface area contributed by atoms with Crippen molar-refractivity contribution in [1.82, 2.24) is 13.9 Å². The van der Waals surface area contributed by atoms with Crippen molar-refractivity contribution in [3.63, 3.8) is 0 Å². The van der Waals surface area contributed by atoms with Gasteiger partial charge in [-0.25, -0.2) is 13.4 Å². The Labute approximate surface area is 172 Å². The summed E-state index contributed by atoms with van der Waals surface area (Å²) in [5.74, 6) is 0. The van der Waals surface area contributed by atoms with Gasteiger partial charge in [0.1, 0.15) is 4.83 Å². The van der Waals surface area contributed by atoms with Crippen LogP contribution in [-0.2, 0) is 34.3 Å². The first-order valence-electron chi connectivity index (χ1n) is 9.70. The van der Waals surface area contributed by atoms with Crippen LogP contribution in [0.15, 0.2) is 46.3 Å². The maximum atomic E-state index is 13.1. The van der Waals surface area contributed by atoms with Gasteiger partial charge in [-0.3, -0.25) is 9.36 Å². The fraction of sp³-hybridized carbons (Fsp3) is 0.400. The second-order valence-corrected chi connectivity index (χ2v) is 10.4. The van der Waals surface area contributed by atoms with Crippen LogP contribution in [0.3, 0.4) is 0 Å². The number of benzene rings is 1. The standard InChI is InChI=1S/C20H21N3O4S2/c24-20-18-16-8-9-23(29(25,26)15-6-2-1-3-7-15)12-17(16)28-19(18)21-13-22(20)11-14-5-4-10-27-14/h1-3,6-7,13-14H,4-5,8-12H2. The molecule has 152 valence electrons. The van der Waals surface area contributed by atoms with Crippen LogP contribution >= 0.6 is 11.3 Å². The fourth-order valence-electron chi connectivity index (χ4n) is 4.08. The van der Waals surface area contributed by atoms with Crippen molar-refractivity contribution in [2.75, 3.05) is 13.2 Å². The molecule has 1 unspecified atom stereocenters. The van der Waals surface area contributed by atoms with Crippen molar-refractivity contribution in [3.05, 3.63) is 57.5 Å². The Morgan fingerprint density at radius 1 is 1.24 bits per heavy atom. The zero-order chi connectivity index (χ0) is 20.0. The Morgan fingerprint density at radius 3 is 2.83 bits per heavy atom. The van der Waals surface area contributed by atoms with Gasteiger partial charge in [0.15, 0.2) is 0 Å². The van der Waals surface area contributed by atoms with Crippen LogP contribution in [0.2, 0.25) is 0 Å². The fourth-order valence-corrected chi connectivity index (χ4v) is 6.78. The van der Waals surface area contributed by atoms with Crippen LogP contribution in [0.1, 0.15) is 23.3 Å². The molecule has 1 atom stereocenters. The van der Waals surface area contributed by atoms with Gasteiger partial charge in [-0.15, -0.1) is 11.3 Å². The van der Waals surface area contributed by atoms with Gasteiger partial charge in [0, 0.05) is 24.6 Å². The number of hydrogen-bond acceptors (Lipinski definition) is 6. The Kier molecular flexibility index (Phi) is 4.78. The van der Waals surface area contributed by atoms with Crippen LogP contribution < -0.4 is 5.56 Å². The van der Waals surface area contributed by atoms with Gasteiger partial charge >= 0.3 is 0 Å². The minimum absolute atomic E-state index is 0.0534. The summed E-state index contributed by atoms with van der Waals surface area (Å²) in [6.07, 6.45) is 4.15. The van der Waals surface area contributed by atoms with Crippen LogP contribution in [0.5, 0.6) is 0 Å². The predicted octanol–water partition coefficient (Wildman–Crippen LogP) is 2.38. The average Bonchev–Trinajstić information content (AvgIpc) is 3.38. The molecule has 9 heteroatoms. The number of fused-ring (bicyclic) bond motifs is 3. The zero-order valence-corrected chi connectivity index (χ0v) is 17.4.